The Kier molecular flexibility index (Phi) is 5.67. The zero-order valence-electron chi connectivity index (χ0n) is 12.4. The third-order valence-corrected chi connectivity index (χ3v) is 3.67. The van der Waals surface area contributed by atoms with E-state index in [9.17, 15) is 9.59 Å². The molecule has 2 aromatic rings. The van der Waals surface area contributed by atoms with Gasteiger partial charge in [-0.1, -0.05) is 6.07 Å². The highest BCUT2D eigenvalue weighted by molar-refractivity contribution is 7.10. The average molecular weight is 326 g/mol. The fraction of sp³-hybridized carbons (Fsp3) is 0.118. The highest BCUT2D eigenvalue weighted by Gasteiger charge is 2.11. The second-order valence-electron chi connectivity index (χ2n) is 4.44. The number of esters is 1. The monoisotopic (exact) mass is 326 g/mol. The molecule has 6 heteroatoms. The maximum atomic E-state index is 12.1. The van der Waals surface area contributed by atoms with Crippen LogP contribution in [0.1, 0.15) is 22.2 Å². The van der Waals surface area contributed by atoms with E-state index in [-0.39, 0.29) is 5.57 Å². The molecular formula is C17H14N2O3S. The van der Waals surface area contributed by atoms with Gasteiger partial charge < -0.3 is 10.1 Å². The van der Waals surface area contributed by atoms with Crippen LogP contribution in [0.25, 0.3) is 6.08 Å². The number of ether oxygens (including phenoxy) is 1. The summed E-state index contributed by atoms with van der Waals surface area (Å²) in [6.07, 6.45) is 1.53. The first-order valence-corrected chi connectivity index (χ1v) is 7.76. The summed E-state index contributed by atoms with van der Waals surface area (Å²) in [6.45, 7) is 2.03. The van der Waals surface area contributed by atoms with Crippen molar-refractivity contribution in [1.82, 2.24) is 0 Å². The van der Waals surface area contributed by atoms with Gasteiger partial charge in [-0.05, 0) is 48.7 Å². The number of thiophene rings is 1. The van der Waals surface area contributed by atoms with Crippen LogP contribution in [0.15, 0.2) is 47.4 Å². The van der Waals surface area contributed by atoms with Crippen LogP contribution in [0.5, 0.6) is 0 Å². The highest BCUT2D eigenvalue weighted by atomic mass is 32.1. The van der Waals surface area contributed by atoms with Gasteiger partial charge in [-0.25, -0.2) is 4.79 Å². The minimum absolute atomic E-state index is 0.0157. The van der Waals surface area contributed by atoms with Crippen LogP contribution < -0.4 is 5.32 Å². The molecule has 1 aromatic heterocycles. The number of rotatable bonds is 5. The summed E-state index contributed by atoms with van der Waals surface area (Å²) in [6, 6.07) is 11.8. The van der Waals surface area contributed by atoms with Gasteiger partial charge in [0.25, 0.3) is 5.91 Å². The molecule has 0 bridgehead atoms. The average Bonchev–Trinajstić information content (AvgIpc) is 3.06. The van der Waals surface area contributed by atoms with Gasteiger partial charge in [-0.3, -0.25) is 4.79 Å². The van der Waals surface area contributed by atoms with Crippen molar-refractivity contribution in [3.05, 3.63) is 57.8 Å². The number of nitriles is 1. The molecule has 1 heterocycles. The lowest BCUT2D eigenvalue weighted by molar-refractivity contribution is -0.112. The first-order chi connectivity index (χ1) is 11.1. The Hall–Kier alpha value is -2.91. The predicted octanol–water partition coefficient (Wildman–Crippen LogP) is 3.47. The maximum absolute atomic E-state index is 12.1. The second kappa shape index (κ2) is 7.92. The molecule has 0 aliphatic heterocycles. The summed E-state index contributed by atoms with van der Waals surface area (Å²) in [4.78, 5) is 24.5. The number of carbonyl (C=O) groups is 2. The highest BCUT2D eigenvalue weighted by Crippen LogP contribution is 2.15. The molecule has 0 radical (unpaired) electrons. The van der Waals surface area contributed by atoms with Gasteiger partial charge in [0.05, 0.1) is 12.2 Å². The largest absolute Gasteiger partial charge is 0.462 e. The van der Waals surface area contributed by atoms with Gasteiger partial charge in [-0.2, -0.15) is 5.26 Å². The van der Waals surface area contributed by atoms with Gasteiger partial charge in [0.15, 0.2) is 0 Å². The smallest absolute Gasteiger partial charge is 0.338 e. The van der Waals surface area contributed by atoms with E-state index in [0.717, 1.165) is 4.88 Å². The van der Waals surface area contributed by atoms with Crippen molar-refractivity contribution in [2.24, 2.45) is 0 Å². The molecule has 1 amide bonds. The zero-order chi connectivity index (χ0) is 16.7. The quantitative estimate of drug-likeness (QED) is 0.518. The van der Waals surface area contributed by atoms with E-state index in [1.807, 2.05) is 23.6 Å². The van der Waals surface area contributed by atoms with Gasteiger partial charge in [0.2, 0.25) is 0 Å². The van der Waals surface area contributed by atoms with Crippen molar-refractivity contribution < 1.29 is 14.3 Å². The first-order valence-electron chi connectivity index (χ1n) is 6.88. The van der Waals surface area contributed by atoms with E-state index in [2.05, 4.69) is 5.32 Å². The number of carbonyl (C=O) groups excluding carboxylic acids is 2. The van der Waals surface area contributed by atoms with E-state index in [1.54, 1.807) is 31.2 Å². The Balaban J connectivity index is 2.08. The summed E-state index contributed by atoms with van der Waals surface area (Å²) >= 11 is 1.44. The lowest BCUT2D eigenvalue weighted by Gasteiger charge is -2.06. The molecule has 23 heavy (non-hydrogen) atoms. The van der Waals surface area contributed by atoms with Crippen molar-refractivity contribution in [1.29, 1.82) is 5.26 Å². The van der Waals surface area contributed by atoms with Crippen LogP contribution in [0.4, 0.5) is 5.69 Å². The van der Waals surface area contributed by atoms with E-state index in [1.165, 1.54) is 17.4 Å². The molecule has 0 saturated carbocycles. The molecule has 2 rings (SSSR count). The number of hydrogen-bond donors (Lipinski definition) is 1. The fourth-order valence-corrected chi connectivity index (χ4v) is 2.42. The second-order valence-corrected chi connectivity index (χ2v) is 5.42. The molecule has 116 valence electrons. The summed E-state index contributed by atoms with van der Waals surface area (Å²) < 4.78 is 4.89. The molecule has 5 nitrogen and oxygen atoms in total. The standard InChI is InChI=1S/C17H14N2O3S/c1-2-22-17(21)12-5-7-14(8-6-12)19-16(20)13(11-18)10-15-4-3-9-23-15/h3-10H,2H2,1H3,(H,19,20)/b13-10+. The molecule has 0 aliphatic rings. The van der Waals surface area contributed by atoms with Crippen LogP contribution in [0.2, 0.25) is 0 Å². The van der Waals surface area contributed by atoms with Crippen molar-refractivity contribution in [2.75, 3.05) is 11.9 Å². The molecule has 1 aromatic carbocycles. The van der Waals surface area contributed by atoms with Crippen molar-refractivity contribution >= 4 is 35.0 Å². The summed E-state index contributed by atoms with van der Waals surface area (Å²) in [5.41, 5.74) is 0.914. The third-order valence-electron chi connectivity index (χ3n) is 2.85. The van der Waals surface area contributed by atoms with E-state index in [4.69, 9.17) is 10.00 Å². The molecule has 0 unspecified atom stereocenters. The predicted molar refractivity (Wildman–Crippen MR) is 88.9 cm³/mol. The zero-order valence-corrected chi connectivity index (χ0v) is 13.2. The number of nitrogens with zero attached hydrogens (tertiary/aromatic N) is 1. The Bertz CT molecular complexity index is 756. The Morgan fingerprint density at radius 1 is 1.30 bits per heavy atom. The molecule has 0 spiro atoms. The van der Waals surface area contributed by atoms with Crippen LogP contribution >= 0.6 is 11.3 Å². The fourth-order valence-electron chi connectivity index (χ4n) is 1.77. The first kappa shape index (κ1) is 16.5. The van der Waals surface area contributed by atoms with Crippen molar-refractivity contribution in [3.63, 3.8) is 0 Å². The third kappa shape index (κ3) is 4.53. The number of anilines is 1. The molecule has 0 fully saturated rings. The Labute approximate surface area is 137 Å². The van der Waals surface area contributed by atoms with Crippen LogP contribution in [-0.2, 0) is 9.53 Å². The van der Waals surface area contributed by atoms with Crippen LogP contribution in [0, 0.1) is 11.3 Å². The lowest BCUT2D eigenvalue weighted by Crippen LogP contribution is -2.13. The maximum Gasteiger partial charge on any atom is 0.338 e. The molecule has 0 aliphatic carbocycles. The normalized spacial score (nSPS) is 10.7. The number of hydrogen-bond acceptors (Lipinski definition) is 5. The SMILES string of the molecule is CCOC(=O)c1ccc(NC(=O)/C(C#N)=C/c2cccs2)cc1. The summed E-state index contributed by atoms with van der Waals surface area (Å²) in [7, 11) is 0. The topological polar surface area (TPSA) is 79.2 Å². The van der Waals surface area contributed by atoms with Crippen molar-refractivity contribution in [3.8, 4) is 6.07 Å². The lowest BCUT2D eigenvalue weighted by atomic mass is 10.2. The summed E-state index contributed by atoms with van der Waals surface area (Å²) in [5, 5.41) is 13.6. The van der Waals surface area contributed by atoms with Gasteiger partial charge in [0.1, 0.15) is 11.6 Å². The summed E-state index contributed by atoms with van der Waals surface area (Å²) in [5.74, 6) is -0.912. The number of benzene rings is 1. The van der Waals surface area contributed by atoms with Crippen LogP contribution in [-0.4, -0.2) is 18.5 Å². The van der Waals surface area contributed by atoms with E-state index < -0.39 is 11.9 Å². The van der Waals surface area contributed by atoms with Gasteiger partial charge >= 0.3 is 5.97 Å². The van der Waals surface area contributed by atoms with Gasteiger partial charge in [0, 0.05) is 10.6 Å². The van der Waals surface area contributed by atoms with Crippen molar-refractivity contribution in [2.45, 2.75) is 6.92 Å². The molecule has 0 atom stereocenters. The van der Waals surface area contributed by atoms with Gasteiger partial charge in [-0.15, -0.1) is 11.3 Å². The minimum atomic E-state index is -0.496. The number of amides is 1. The minimum Gasteiger partial charge on any atom is -0.462 e. The Morgan fingerprint density at radius 2 is 2.04 bits per heavy atom. The Morgan fingerprint density at radius 3 is 2.61 bits per heavy atom. The van der Waals surface area contributed by atoms with E-state index >= 15 is 0 Å². The number of nitrogens with one attached hydrogen (secondary N) is 1. The molecule has 0 saturated heterocycles. The molecular weight excluding hydrogens is 312 g/mol. The van der Waals surface area contributed by atoms with Crippen LogP contribution in [0.3, 0.4) is 0 Å². The molecule has 1 N–H and O–H groups in total. The van der Waals surface area contributed by atoms with E-state index in [0.29, 0.717) is 17.9 Å².